The molecule has 2 saturated heterocycles. The average Bonchev–Trinajstić information content (AvgIpc) is 3.62. The van der Waals surface area contributed by atoms with Crippen LogP contribution in [0.5, 0.6) is 0 Å². The number of carbonyl (C=O) groups is 4. The second-order valence-corrected chi connectivity index (χ2v) is 15.3. The summed E-state index contributed by atoms with van der Waals surface area (Å²) in [6, 6.07) is 0. The van der Waals surface area contributed by atoms with Crippen LogP contribution in [0.3, 0.4) is 0 Å². The Labute approximate surface area is 253 Å². The molecule has 3 saturated carbocycles. The SMILES string of the molecule is C/C=C(\C)C(=O)O[C@H]1C[C@H](C)[C@@H]2C(=O)C=C(C)[C@@H]2[C@H]2OC(=O)[C@@]3(C[C@@]45C=C[C@]3(C)[C@@H]4[C@H]3OC(=O)[C@@H](C)[C@@H]3CC[C@@]5(C)O)[C@@H]21. The van der Waals surface area contributed by atoms with E-state index < -0.39 is 52.0 Å². The summed E-state index contributed by atoms with van der Waals surface area (Å²) in [4.78, 5) is 54.4. The first-order valence-corrected chi connectivity index (χ1v) is 16.1. The van der Waals surface area contributed by atoms with Crippen molar-refractivity contribution in [3.05, 3.63) is 35.5 Å². The predicted molar refractivity (Wildman–Crippen MR) is 155 cm³/mol. The van der Waals surface area contributed by atoms with Crippen molar-refractivity contribution in [3.8, 4) is 0 Å². The standard InChI is InChI=1S/C35H44O8/c1-8-16(2)29(37)41-22-14-18(4)23-21(36)13-17(3)24(23)27-25(22)35(31(39)43-27)15-34-12-11-32(35,6)28(34)26-20(9-10-33(34,7)40)19(5)30(38)42-26/h8,11-13,18-20,22-28,40H,9-10,14-15H2,1-7H3/b16-8+/t18-,19-,20-,22-,23+,24-,25+,26-,27+,28-,32+,33+,34-,35+/m0/s1. The lowest BCUT2D eigenvalue weighted by molar-refractivity contribution is -0.161. The van der Waals surface area contributed by atoms with Crippen LogP contribution in [-0.4, -0.2) is 52.7 Å². The molecule has 0 unspecified atom stereocenters. The van der Waals surface area contributed by atoms with Gasteiger partial charge in [-0.15, -0.1) is 0 Å². The molecule has 2 aliphatic heterocycles. The van der Waals surface area contributed by atoms with E-state index in [4.69, 9.17) is 14.2 Å². The molecule has 0 aromatic carbocycles. The third-order valence-electron chi connectivity index (χ3n) is 13.6. The summed E-state index contributed by atoms with van der Waals surface area (Å²) in [5.74, 6) is -3.07. The molecule has 0 radical (unpaired) electrons. The van der Waals surface area contributed by atoms with Gasteiger partial charge in [-0.05, 0) is 65.4 Å². The predicted octanol–water partition coefficient (Wildman–Crippen LogP) is 4.50. The molecule has 8 heteroatoms. The molecule has 0 amide bonds. The quantitative estimate of drug-likeness (QED) is 0.216. The monoisotopic (exact) mass is 592 g/mol. The number of carbonyl (C=O) groups excluding carboxylic acids is 4. The van der Waals surface area contributed by atoms with Gasteiger partial charge in [0, 0.05) is 40.1 Å². The summed E-state index contributed by atoms with van der Waals surface area (Å²) >= 11 is 0. The number of hydrogen-bond donors (Lipinski definition) is 1. The second-order valence-electron chi connectivity index (χ2n) is 15.3. The Kier molecular flexibility index (Phi) is 6.02. The van der Waals surface area contributed by atoms with Gasteiger partial charge in [-0.3, -0.25) is 14.4 Å². The van der Waals surface area contributed by atoms with Crippen molar-refractivity contribution in [2.45, 2.75) is 98.1 Å². The highest BCUT2D eigenvalue weighted by molar-refractivity contribution is 5.96. The topological polar surface area (TPSA) is 116 Å². The number of rotatable bonds is 2. The molecule has 2 heterocycles. The van der Waals surface area contributed by atoms with Crippen LogP contribution in [0, 0.1) is 57.7 Å². The van der Waals surface area contributed by atoms with E-state index in [-0.39, 0.29) is 53.2 Å². The molecule has 7 rings (SSSR count). The lowest BCUT2D eigenvalue weighted by Gasteiger charge is -2.46. The van der Waals surface area contributed by atoms with Gasteiger partial charge in [0.25, 0.3) is 0 Å². The van der Waals surface area contributed by atoms with Gasteiger partial charge >= 0.3 is 17.9 Å². The number of esters is 3. The zero-order valence-corrected chi connectivity index (χ0v) is 26.2. The molecule has 1 N–H and O–H groups in total. The summed E-state index contributed by atoms with van der Waals surface area (Å²) in [6.45, 7) is 13.3. The largest absolute Gasteiger partial charge is 0.461 e. The molecule has 232 valence electrons. The van der Waals surface area contributed by atoms with Crippen LogP contribution in [0.1, 0.15) is 74.1 Å². The molecular formula is C35H44O8. The maximum absolute atomic E-state index is 14.7. The molecule has 7 aliphatic rings. The normalized spacial score (nSPS) is 53.0. The first kappa shape index (κ1) is 29.0. The van der Waals surface area contributed by atoms with Crippen LogP contribution in [0.4, 0.5) is 0 Å². The lowest BCUT2D eigenvalue weighted by Crippen LogP contribution is -2.53. The minimum Gasteiger partial charge on any atom is -0.461 e. The van der Waals surface area contributed by atoms with Crippen LogP contribution in [-0.2, 0) is 33.4 Å². The molecule has 2 bridgehead atoms. The molecular weight excluding hydrogens is 548 g/mol. The van der Waals surface area contributed by atoms with Crippen molar-refractivity contribution in [2.75, 3.05) is 0 Å². The van der Waals surface area contributed by atoms with Crippen LogP contribution in [0.15, 0.2) is 35.5 Å². The highest BCUT2D eigenvalue weighted by Gasteiger charge is 2.84. The Morgan fingerprint density at radius 3 is 2.51 bits per heavy atom. The van der Waals surface area contributed by atoms with E-state index in [1.807, 2.05) is 27.7 Å². The highest BCUT2D eigenvalue weighted by atomic mass is 16.6. The van der Waals surface area contributed by atoms with Gasteiger partial charge in [-0.1, -0.05) is 44.6 Å². The summed E-state index contributed by atoms with van der Waals surface area (Å²) in [5, 5.41) is 12.3. The van der Waals surface area contributed by atoms with Crippen LogP contribution in [0.2, 0.25) is 0 Å². The van der Waals surface area contributed by atoms with Gasteiger partial charge in [-0.2, -0.15) is 0 Å². The number of allylic oxidation sites excluding steroid dienone is 3. The molecule has 0 aromatic rings. The lowest BCUT2D eigenvalue weighted by atomic mass is 9.54. The van der Waals surface area contributed by atoms with Gasteiger partial charge in [0.15, 0.2) is 5.78 Å². The molecule has 1 spiro atoms. The molecule has 8 nitrogen and oxygen atoms in total. The summed E-state index contributed by atoms with van der Waals surface area (Å²) < 4.78 is 19.0. The molecule has 5 aliphatic carbocycles. The van der Waals surface area contributed by atoms with Gasteiger partial charge in [0.05, 0.1) is 22.9 Å². The molecule has 14 atom stereocenters. The highest BCUT2D eigenvalue weighted by Crippen LogP contribution is 2.80. The zero-order valence-electron chi connectivity index (χ0n) is 26.2. The Bertz CT molecular complexity index is 1420. The first-order chi connectivity index (χ1) is 20.1. The molecule has 0 aromatic heterocycles. The maximum Gasteiger partial charge on any atom is 0.333 e. The first-order valence-electron chi connectivity index (χ1n) is 16.1. The number of ether oxygens (including phenoxy) is 3. The second kappa shape index (κ2) is 8.92. The van der Waals surface area contributed by atoms with Crippen molar-refractivity contribution < 1.29 is 38.5 Å². The Morgan fingerprint density at radius 1 is 1.09 bits per heavy atom. The third-order valence-corrected chi connectivity index (χ3v) is 13.6. The number of fused-ring (bicyclic) bond motifs is 6. The van der Waals surface area contributed by atoms with Gasteiger partial charge in [0.2, 0.25) is 0 Å². The Hall–Kier alpha value is -2.74. The molecule has 43 heavy (non-hydrogen) atoms. The fourth-order valence-corrected chi connectivity index (χ4v) is 11.3. The zero-order chi connectivity index (χ0) is 31.0. The minimum atomic E-state index is -1.17. The number of hydrogen-bond acceptors (Lipinski definition) is 8. The van der Waals surface area contributed by atoms with Gasteiger partial charge in [-0.25, -0.2) is 4.79 Å². The smallest absolute Gasteiger partial charge is 0.333 e. The van der Waals surface area contributed by atoms with E-state index in [2.05, 4.69) is 19.1 Å². The fraction of sp³-hybridized carbons (Fsp3) is 0.714. The van der Waals surface area contributed by atoms with E-state index in [9.17, 15) is 24.3 Å². The van der Waals surface area contributed by atoms with Gasteiger partial charge < -0.3 is 19.3 Å². The summed E-state index contributed by atoms with van der Waals surface area (Å²) in [6.07, 6.45) is 7.61. The Morgan fingerprint density at radius 2 is 1.81 bits per heavy atom. The van der Waals surface area contributed by atoms with Crippen LogP contribution < -0.4 is 0 Å². The van der Waals surface area contributed by atoms with E-state index in [1.165, 1.54) is 0 Å². The van der Waals surface area contributed by atoms with E-state index in [0.29, 0.717) is 31.3 Å². The van der Waals surface area contributed by atoms with Crippen LogP contribution >= 0.6 is 0 Å². The number of aliphatic hydroxyl groups is 1. The van der Waals surface area contributed by atoms with E-state index in [0.717, 1.165) is 5.57 Å². The van der Waals surface area contributed by atoms with Crippen molar-refractivity contribution in [1.82, 2.24) is 0 Å². The number of ketones is 1. The van der Waals surface area contributed by atoms with E-state index in [1.54, 1.807) is 26.0 Å². The van der Waals surface area contributed by atoms with Gasteiger partial charge in [0.1, 0.15) is 18.3 Å². The average molecular weight is 593 g/mol. The minimum absolute atomic E-state index is 0.0304. The van der Waals surface area contributed by atoms with E-state index >= 15 is 0 Å². The Balaban J connectivity index is 1.43. The summed E-state index contributed by atoms with van der Waals surface area (Å²) in [7, 11) is 0. The van der Waals surface area contributed by atoms with Crippen molar-refractivity contribution in [2.24, 2.45) is 57.7 Å². The summed E-state index contributed by atoms with van der Waals surface area (Å²) in [5.41, 5.74) is -2.66. The third kappa shape index (κ3) is 3.31. The van der Waals surface area contributed by atoms with Crippen molar-refractivity contribution in [1.29, 1.82) is 0 Å². The van der Waals surface area contributed by atoms with Crippen LogP contribution in [0.25, 0.3) is 0 Å². The fourth-order valence-electron chi connectivity index (χ4n) is 11.3. The van der Waals surface area contributed by atoms with Crippen molar-refractivity contribution in [3.63, 3.8) is 0 Å². The van der Waals surface area contributed by atoms with Crippen molar-refractivity contribution >= 4 is 23.7 Å². The molecule has 5 fully saturated rings. The maximum atomic E-state index is 14.7.